The van der Waals surface area contributed by atoms with Gasteiger partial charge >= 0.3 is 0 Å². The first-order valence-electron chi connectivity index (χ1n) is 16.3. The lowest BCUT2D eigenvalue weighted by Crippen LogP contribution is -2.06. The van der Waals surface area contributed by atoms with Gasteiger partial charge in [-0.2, -0.15) is 9.97 Å². The van der Waals surface area contributed by atoms with Gasteiger partial charge in [-0.3, -0.25) is 4.57 Å². The largest absolute Gasteiger partial charge is 0.456 e. The third-order valence-corrected chi connectivity index (χ3v) is 9.65. The molecule has 11 rings (SSSR count). The topological polar surface area (TPSA) is 69.9 Å². The first-order chi connectivity index (χ1) is 24.3. The van der Waals surface area contributed by atoms with Crippen molar-refractivity contribution in [2.75, 3.05) is 0 Å². The van der Waals surface area contributed by atoms with Crippen LogP contribution in [0.3, 0.4) is 0 Å². The third-order valence-electron chi connectivity index (χ3n) is 9.65. The summed E-state index contributed by atoms with van der Waals surface area (Å²) in [6.45, 7) is 0. The van der Waals surface area contributed by atoms with Crippen LogP contribution in [0.15, 0.2) is 154 Å². The number of benzene rings is 7. The molecule has 0 unspecified atom stereocenters. The first kappa shape index (κ1) is 26.3. The average molecular weight is 629 g/mol. The van der Waals surface area contributed by atoms with Crippen molar-refractivity contribution in [2.24, 2.45) is 0 Å². The molecule has 0 saturated heterocycles. The molecule has 0 aliphatic heterocycles. The minimum atomic E-state index is 0.528. The van der Waals surface area contributed by atoms with Crippen molar-refractivity contribution < 1.29 is 8.83 Å². The Labute approximate surface area is 278 Å². The van der Waals surface area contributed by atoms with Crippen LogP contribution in [-0.4, -0.2) is 19.5 Å². The summed E-state index contributed by atoms with van der Waals surface area (Å²) in [6.07, 6.45) is 0. The molecule has 0 spiro atoms. The highest BCUT2D eigenvalue weighted by molar-refractivity contribution is 6.33. The molecule has 6 nitrogen and oxygen atoms in total. The van der Waals surface area contributed by atoms with Crippen molar-refractivity contribution >= 4 is 76.5 Å². The van der Waals surface area contributed by atoms with Crippen LogP contribution in [0.2, 0.25) is 0 Å². The van der Waals surface area contributed by atoms with Crippen LogP contribution in [0, 0.1) is 0 Å². The van der Waals surface area contributed by atoms with Gasteiger partial charge in [0.2, 0.25) is 5.95 Å². The minimum Gasteiger partial charge on any atom is -0.456 e. The molecule has 0 N–H and O–H groups in total. The Kier molecular flexibility index (Phi) is 5.29. The van der Waals surface area contributed by atoms with Gasteiger partial charge < -0.3 is 8.83 Å². The maximum Gasteiger partial charge on any atom is 0.238 e. The van der Waals surface area contributed by atoms with Gasteiger partial charge in [0.25, 0.3) is 0 Å². The van der Waals surface area contributed by atoms with Gasteiger partial charge in [0.05, 0.1) is 5.52 Å². The van der Waals surface area contributed by atoms with E-state index in [-0.39, 0.29) is 0 Å². The summed E-state index contributed by atoms with van der Waals surface area (Å²) < 4.78 is 15.4. The first-order valence-corrected chi connectivity index (χ1v) is 16.3. The Hall–Kier alpha value is -6.79. The zero-order valence-electron chi connectivity index (χ0n) is 26.0. The molecular formula is C43H24N4O2. The molecule has 0 fully saturated rings. The van der Waals surface area contributed by atoms with Gasteiger partial charge in [0.15, 0.2) is 17.2 Å². The lowest BCUT2D eigenvalue weighted by Gasteiger charge is -2.11. The summed E-state index contributed by atoms with van der Waals surface area (Å²) in [5.41, 5.74) is 7.06. The summed E-state index contributed by atoms with van der Waals surface area (Å²) in [4.78, 5) is 15.2. The Morgan fingerprint density at radius 3 is 1.73 bits per heavy atom. The van der Waals surface area contributed by atoms with E-state index in [9.17, 15) is 0 Å². The fourth-order valence-corrected chi connectivity index (χ4v) is 7.51. The monoisotopic (exact) mass is 628 g/mol. The Bertz CT molecular complexity index is 3040. The maximum atomic E-state index is 6.91. The quantitative estimate of drug-likeness (QED) is 0.195. The van der Waals surface area contributed by atoms with E-state index in [0.717, 1.165) is 87.6 Å². The normalized spacial score (nSPS) is 12.1. The summed E-state index contributed by atoms with van der Waals surface area (Å²) >= 11 is 0. The molecule has 6 heteroatoms. The Morgan fingerprint density at radius 2 is 1.00 bits per heavy atom. The van der Waals surface area contributed by atoms with E-state index in [4.69, 9.17) is 23.8 Å². The highest BCUT2D eigenvalue weighted by Gasteiger charge is 2.23. The van der Waals surface area contributed by atoms with Gasteiger partial charge in [0, 0.05) is 48.8 Å². The maximum absolute atomic E-state index is 6.91. The molecule has 0 aliphatic carbocycles. The minimum absolute atomic E-state index is 0.528. The second kappa shape index (κ2) is 9.86. The fourth-order valence-electron chi connectivity index (χ4n) is 7.51. The SMILES string of the molecule is c1ccc(-c2nc(-c3ccccc3)nc(-n3c4ccccc4c4ccc5c(oc6ccc7ccc8oc9ccccc9c8c7c65)c43)n2)cc1. The molecule has 11 aromatic rings. The van der Waals surface area contributed by atoms with Gasteiger partial charge in [-0.25, -0.2) is 4.98 Å². The molecule has 4 aromatic heterocycles. The molecular weight excluding hydrogens is 604 g/mol. The average Bonchev–Trinajstić information content (AvgIpc) is 3.85. The molecule has 0 bridgehead atoms. The molecule has 0 saturated carbocycles. The second-order valence-electron chi connectivity index (χ2n) is 12.4. The fraction of sp³-hybridized carbons (Fsp3) is 0. The van der Waals surface area contributed by atoms with Crippen molar-refractivity contribution in [3.8, 4) is 28.7 Å². The number of nitrogens with zero attached hydrogens (tertiary/aromatic N) is 4. The lowest BCUT2D eigenvalue weighted by molar-refractivity contribution is 0.669. The summed E-state index contributed by atoms with van der Waals surface area (Å²) in [5, 5.41) is 8.69. The van der Waals surface area contributed by atoms with Crippen LogP contribution >= 0.6 is 0 Å². The number of hydrogen-bond acceptors (Lipinski definition) is 5. The predicted molar refractivity (Wildman–Crippen MR) is 197 cm³/mol. The number of rotatable bonds is 3. The van der Waals surface area contributed by atoms with E-state index in [1.807, 2.05) is 72.8 Å². The molecule has 0 aliphatic rings. The zero-order chi connectivity index (χ0) is 32.1. The number of hydrogen-bond donors (Lipinski definition) is 0. The van der Waals surface area contributed by atoms with E-state index in [1.54, 1.807) is 0 Å². The number of para-hydroxylation sites is 2. The number of fused-ring (bicyclic) bond motifs is 13. The predicted octanol–water partition coefficient (Wildman–Crippen LogP) is 11.3. The zero-order valence-corrected chi connectivity index (χ0v) is 26.0. The highest BCUT2D eigenvalue weighted by atomic mass is 16.3. The van der Waals surface area contributed by atoms with Gasteiger partial charge in [-0.15, -0.1) is 0 Å². The Balaban J connectivity index is 1.30. The summed E-state index contributed by atoms with van der Waals surface area (Å²) in [6, 6.07) is 49.6. The molecule has 49 heavy (non-hydrogen) atoms. The van der Waals surface area contributed by atoms with Crippen LogP contribution in [0.1, 0.15) is 0 Å². The van der Waals surface area contributed by atoms with Crippen molar-refractivity contribution in [3.63, 3.8) is 0 Å². The molecule has 228 valence electrons. The molecule has 4 heterocycles. The Morgan fingerprint density at radius 1 is 0.408 bits per heavy atom. The smallest absolute Gasteiger partial charge is 0.238 e. The summed E-state index contributed by atoms with van der Waals surface area (Å²) in [7, 11) is 0. The van der Waals surface area contributed by atoms with E-state index >= 15 is 0 Å². The lowest BCUT2D eigenvalue weighted by atomic mass is 9.98. The van der Waals surface area contributed by atoms with Gasteiger partial charge in [-0.1, -0.05) is 115 Å². The van der Waals surface area contributed by atoms with E-state index in [1.165, 1.54) is 0 Å². The van der Waals surface area contributed by atoms with Crippen molar-refractivity contribution in [1.82, 2.24) is 19.5 Å². The van der Waals surface area contributed by atoms with E-state index < -0.39 is 0 Å². The molecule has 0 atom stereocenters. The van der Waals surface area contributed by atoms with E-state index in [2.05, 4.69) is 77.4 Å². The van der Waals surface area contributed by atoms with Crippen LogP contribution in [-0.2, 0) is 0 Å². The molecule has 7 aromatic carbocycles. The van der Waals surface area contributed by atoms with Crippen LogP contribution in [0.25, 0.3) is 105 Å². The number of aromatic nitrogens is 4. The van der Waals surface area contributed by atoms with Crippen molar-refractivity contribution in [2.45, 2.75) is 0 Å². The molecule has 0 radical (unpaired) electrons. The highest BCUT2D eigenvalue weighted by Crippen LogP contribution is 2.45. The van der Waals surface area contributed by atoms with Gasteiger partial charge in [-0.05, 0) is 35.7 Å². The van der Waals surface area contributed by atoms with Crippen LogP contribution in [0.4, 0.5) is 0 Å². The van der Waals surface area contributed by atoms with Crippen LogP contribution < -0.4 is 0 Å². The van der Waals surface area contributed by atoms with E-state index in [0.29, 0.717) is 17.6 Å². The second-order valence-corrected chi connectivity index (χ2v) is 12.4. The third kappa shape index (κ3) is 3.74. The van der Waals surface area contributed by atoms with Crippen LogP contribution in [0.5, 0.6) is 0 Å². The number of furan rings is 2. The summed E-state index contributed by atoms with van der Waals surface area (Å²) in [5.74, 6) is 1.74. The standard InChI is InChI=1S/C43H24N4O2/c1-3-11-26(12-4-1)41-44-42(27-13-5-2-6-14-27)46-43(45-41)47-32-17-9-7-15-28(32)29-21-22-31-38-35(49-40(31)39(29)47)24-20-25-19-23-34-37(36(25)38)30-16-8-10-18-33(30)48-34/h1-24H. The van der Waals surface area contributed by atoms with Crippen molar-refractivity contribution in [1.29, 1.82) is 0 Å². The van der Waals surface area contributed by atoms with Gasteiger partial charge in [0.1, 0.15) is 22.3 Å². The molecule has 0 amide bonds. The van der Waals surface area contributed by atoms with Crippen molar-refractivity contribution in [3.05, 3.63) is 146 Å².